The number of ether oxygens (including phenoxy) is 1. The van der Waals surface area contributed by atoms with Crippen LogP contribution in [0.25, 0.3) is 0 Å². The minimum Gasteiger partial charge on any atom is -0.461 e. The average Bonchev–Trinajstić information content (AvgIpc) is 2.70. The Morgan fingerprint density at radius 2 is 1.93 bits per heavy atom. The summed E-state index contributed by atoms with van der Waals surface area (Å²) in [6, 6.07) is 9.30. The monoisotopic (exact) mass is 402 g/mol. The van der Waals surface area contributed by atoms with E-state index in [2.05, 4.69) is 10.6 Å². The fourth-order valence-corrected chi connectivity index (χ4v) is 3.08. The molecule has 0 saturated carbocycles. The minimum absolute atomic E-state index is 0.131. The van der Waals surface area contributed by atoms with Gasteiger partial charge in [-0.15, -0.1) is 0 Å². The van der Waals surface area contributed by atoms with Crippen LogP contribution in [0.15, 0.2) is 42.5 Å². The van der Waals surface area contributed by atoms with E-state index in [4.69, 9.17) is 9.84 Å². The van der Waals surface area contributed by atoms with Gasteiger partial charge in [-0.2, -0.15) is 0 Å². The molecule has 158 valence electrons. The van der Waals surface area contributed by atoms with Crippen LogP contribution >= 0.6 is 0 Å². The molecule has 4 atom stereocenters. The first-order valence-corrected chi connectivity index (χ1v) is 9.99. The number of aliphatic hydroxyl groups excluding tert-OH is 1. The van der Waals surface area contributed by atoms with E-state index in [1.807, 2.05) is 36.4 Å². The molecule has 0 fully saturated rings. The van der Waals surface area contributed by atoms with Crippen molar-refractivity contribution in [3.8, 4) is 0 Å². The summed E-state index contributed by atoms with van der Waals surface area (Å²) in [6.45, 7) is 3.30. The van der Waals surface area contributed by atoms with Crippen LogP contribution in [0.2, 0.25) is 0 Å². The Bertz CT molecular complexity index is 719. The molecule has 1 heterocycles. The van der Waals surface area contributed by atoms with Gasteiger partial charge >= 0.3 is 5.97 Å². The smallest absolute Gasteiger partial charge is 0.309 e. The summed E-state index contributed by atoms with van der Waals surface area (Å²) in [7, 11) is 0. The van der Waals surface area contributed by atoms with Crippen LogP contribution in [0.5, 0.6) is 0 Å². The van der Waals surface area contributed by atoms with Crippen LogP contribution < -0.4 is 10.6 Å². The van der Waals surface area contributed by atoms with Crippen LogP contribution in [0.4, 0.5) is 0 Å². The molecular weight excluding hydrogens is 372 g/mol. The van der Waals surface area contributed by atoms with Crippen LogP contribution in [-0.2, 0) is 25.5 Å². The zero-order valence-electron chi connectivity index (χ0n) is 17.0. The number of cyclic esters (lactones) is 1. The number of rotatable bonds is 5. The average molecular weight is 402 g/mol. The number of allylic oxidation sites excluding steroid dienone is 2. The number of hydrogen-bond acceptors (Lipinski definition) is 5. The Labute approximate surface area is 171 Å². The van der Waals surface area contributed by atoms with Crippen molar-refractivity contribution in [2.75, 3.05) is 13.2 Å². The van der Waals surface area contributed by atoms with E-state index in [1.165, 1.54) is 0 Å². The van der Waals surface area contributed by atoms with E-state index >= 15 is 0 Å². The van der Waals surface area contributed by atoms with Crippen molar-refractivity contribution in [2.24, 2.45) is 11.8 Å². The highest BCUT2D eigenvalue weighted by atomic mass is 16.5. The number of amides is 2. The van der Waals surface area contributed by atoms with Crippen LogP contribution in [0.1, 0.15) is 32.3 Å². The van der Waals surface area contributed by atoms with Crippen molar-refractivity contribution in [2.45, 2.75) is 45.3 Å². The molecule has 7 nitrogen and oxygen atoms in total. The molecule has 0 radical (unpaired) electrons. The molecule has 3 unspecified atom stereocenters. The highest BCUT2D eigenvalue weighted by molar-refractivity contribution is 6.00. The van der Waals surface area contributed by atoms with Gasteiger partial charge in [0, 0.05) is 6.04 Å². The van der Waals surface area contributed by atoms with Crippen molar-refractivity contribution in [3.63, 3.8) is 0 Å². The van der Waals surface area contributed by atoms with E-state index in [0.29, 0.717) is 12.8 Å². The van der Waals surface area contributed by atoms with Gasteiger partial charge in [0.15, 0.2) is 0 Å². The zero-order valence-corrected chi connectivity index (χ0v) is 17.0. The van der Waals surface area contributed by atoms with Crippen molar-refractivity contribution in [1.29, 1.82) is 0 Å². The molecule has 7 heteroatoms. The van der Waals surface area contributed by atoms with Gasteiger partial charge in [0.25, 0.3) is 0 Å². The number of nitrogens with one attached hydrogen (secondary N) is 2. The molecule has 2 amide bonds. The second kappa shape index (κ2) is 11.4. The zero-order chi connectivity index (χ0) is 21.2. The molecule has 0 aromatic heterocycles. The van der Waals surface area contributed by atoms with Crippen molar-refractivity contribution < 1.29 is 24.2 Å². The van der Waals surface area contributed by atoms with Gasteiger partial charge in [0.05, 0.1) is 19.1 Å². The first-order valence-electron chi connectivity index (χ1n) is 9.99. The summed E-state index contributed by atoms with van der Waals surface area (Å²) in [4.78, 5) is 37.5. The predicted molar refractivity (Wildman–Crippen MR) is 109 cm³/mol. The molecule has 29 heavy (non-hydrogen) atoms. The number of carbonyl (C=O) groups is 3. The van der Waals surface area contributed by atoms with Gasteiger partial charge in [-0.05, 0) is 38.7 Å². The van der Waals surface area contributed by atoms with Gasteiger partial charge in [0.1, 0.15) is 12.0 Å². The SMILES string of the molecule is CC1CNC(=O)C(C(=O)N[C@@H](C)CO)CC=CCC(Cc2ccccc2)C(=O)O1. The maximum Gasteiger partial charge on any atom is 0.309 e. The summed E-state index contributed by atoms with van der Waals surface area (Å²) < 4.78 is 5.51. The van der Waals surface area contributed by atoms with E-state index in [1.54, 1.807) is 19.9 Å². The lowest BCUT2D eigenvalue weighted by molar-refractivity contribution is -0.153. The van der Waals surface area contributed by atoms with E-state index in [-0.39, 0.29) is 31.5 Å². The summed E-state index contributed by atoms with van der Waals surface area (Å²) >= 11 is 0. The molecular formula is C22H30N2O5. The van der Waals surface area contributed by atoms with Gasteiger partial charge < -0.3 is 20.5 Å². The molecule has 1 aliphatic heterocycles. The Morgan fingerprint density at radius 3 is 2.62 bits per heavy atom. The van der Waals surface area contributed by atoms with Gasteiger partial charge in [-0.1, -0.05) is 42.5 Å². The van der Waals surface area contributed by atoms with E-state index < -0.39 is 29.9 Å². The number of esters is 1. The lowest BCUT2D eigenvalue weighted by Gasteiger charge is -2.22. The van der Waals surface area contributed by atoms with E-state index in [0.717, 1.165) is 5.56 Å². The highest BCUT2D eigenvalue weighted by Gasteiger charge is 2.28. The topological polar surface area (TPSA) is 105 Å². The lowest BCUT2D eigenvalue weighted by atomic mass is 9.95. The Kier molecular flexibility index (Phi) is 8.86. The normalized spacial score (nSPS) is 24.4. The molecule has 3 N–H and O–H groups in total. The molecule has 1 aromatic carbocycles. The van der Waals surface area contributed by atoms with Crippen molar-refractivity contribution in [3.05, 3.63) is 48.0 Å². The second-order valence-electron chi connectivity index (χ2n) is 7.47. The molecule has 1 aliphatic rings. The third kappa shape index (κ3) is 7.34. The third-order valence-corrected chi connectivity index (χ3v) is 4.79. The predicted octanol–water partition coefficient (Wildman–Crippen LogP) is 1.36. The molecule has 0 saturated heterocycles. The third-order valence-electron chi connectivity index (χ3n) is 4.79. The minimum atomic E-state index is -0.907. The van der Waals surface area contributed by atoms with Gasteiger partial charge in [0.2, 0.25) is 11.8 Å². The molecule has 0 spiro atoms. The van der Waals surface area contributed by atoms with Crippen molar-refractivity contribution in [1.82, 2.24) is 10.6 Å². The Hall–Kier alpha value is -2.67. The Balaban J connectivity index is 2.13. The number of aliphatic hydroxyl groups is 1. The fourth-order valence-electron chi connectivity index (χ4n) is 3.08. The number of benzene rings is 1. The molecule has 2 rings (SSSR count). The second-order valence-corrected chi connectivity index (χ2v) is 7.47. The van der Waals surface area contributed by atoms with Gasteiger partial charge in [-0.3, -0.25) is 14.4 Å². The van der Waals surface area contributed by atoms with Crippen molar-refractivity contribution >= 4 is 17.8 Å². The maximum atomic E-state index is 12.6. The molecule has 1 aromatic rings. The van der Waals surface area contributed by atoms with E-state index in [9.17, 15) is 14.4 Å². The van der Waals surface area contributed by atoms with Gasteiger partial charge in [-0.25, -0.2) is 0 Å². The van der Waals surface area contributed by atoms with Crippen LogP contribution in [0, 0.1) is 11.8 Å². The Morgan fingerprint density at radius 1 is 1.24 bits per heavy atom. The summed E-state index contributed by atoms with van der Waals surface area (Å²) in [6.07, 6.45) is 4.31. The lowest BCUT2D eigenvalue weighted by Crippen LogP contribution is -2.46. The van der Waals surface area contributed by atoms with Crippen LogP contribution in [0.3, 0.4) is 0 Å². The molecule has 0 bridgehead atoms. The quantitative estimate of drug-likeness (QED) is 0.392. The first kappa shape index (κ1) is 22.6. The summed E-state index contributed by atoms with van der Waals surface area (Å²) in [5, 5.41) is 14.4. The fraction of sp³-hybridized carbons (Fsp3) is 0.500. The van der Waals surface area contributed by atoms with Crippen LogP contribution in [-0.4, -0.2) is 48.2 Å². The maximum absolute atomic E-state index is 12.6. The largest absolute Gasteiger partial charge is 0.461 e. The molecule has 0 aliphatic carbocycles. The summed E-state index contributed by atoms with van der Waals surface area (Å²) in [5.41, 5.74) is 1.05. The number of carbonyl (C=O) groups excluding carboxylic acids is 3. The standard InChI is InChI=1S/C22H30N2O5/c1-15(14-25)24-21(27)19-11-7-6-10-18(12-17-8-4-3-5-9-17)22(28)29-16(2)13-23-20(19)26/h3-9,15-16,18-19,25H,10-14H2,1-2H3,(H,23,26)(H,24,27)/t15-,16?,18?,19?/m0/s1. The number of hydrogen-bond donors (Lipinski definition) is 3. The highest BCUT2D eigenvalue weighted by Crippen LogP contribution is 2.17. The summed E-state index contributed by atoms with van der Waals surface area (Å²) in [5.74, 6) is -2.41. The first-order chi connectivity index (χ1) is 13.9.